The number of rotatable bonds is 3. The molecule has 0 unspecified atom stereocenters. The van der Waals surface area contributed by atoms with E-state index in [-0.39, 0.29) is 23.7 Å². The first kappa shape index (κ1) is 17.5. The van der Waals surface area contributed by atoms with E-state index in [1.165, 1.54) is 5.56 Å². The fourth-order valence-corrected chi connectivity index (χ4v) is 5.02. The number of carbonyl (C=O) groups is 2. The molecule has 0 saturated carbocycles. The Labute approximate surface area is 155 Å². The lowest BCUT2D eigenvalue weighted by Gasteiger charge is -2.29. The van der Waals surface area contributed by atoms with E-state index in [4.69, 9.17) is 4.74 Å². The number of amides is 2. The van der Waals surface area contributed by atoms with Gasteiger partial charge >= 0.3 is 0 Å². The third kappa shape index (κ3) is 2.82. The van der Waals surface area contributed by atoms with Gasteiger partial charge in [-0.25, -0.2) is 0 Å². The van der Waals surface area contributed by atoms with E-state index in [1.807, 2.05) is 34.9 Å². The fourth-order valence-electron chi connectivity index (χ4n) is 5.02. The molecule has 2 amide bonds. The predicted octanol–water partition coefficient (Wildman–Crippen LogP) is 2.28. The van der Waals surface area contributed by atoms with Crippen molar-refractivity contribution in [2.24, 2.45) is 11.3 Å². The maximum Gasteiger partial charge on any atom is 0.231 e. The van der Waals surface area contributed by atoms with Gasteiger partial charge in [-0.3, -0.25) is 9.59 Å². The first-order valence-corrected chi connectivity index (χ1v) is 9.86. The van der Waals surface area contributed by atoms with Crippen molar-refractivity contribution < 1.29 is 14.3 Å². The number of hydrogen-bond donors (Lipinski definition) is 0. The second-order valence-electron chi connectivity index (χ2n) is 7.86. The Kier molecular flexibility index (Phi) is 4.74. The lowest BCUT2D eigenvalue weighted by Crippen LogP contribution is -2.41. The van der Waals surface area contributed by atoms with Gasteiger partial charge in [-0.15, -0.1) is 0 Å². The van der Waals surface area contributed by atoms with Crippen LogP contribution in [-0.4, -0.2) is 61.0 Å². The van der Waals surface area contributed by atoms with Crippen LogP contribution in [0.1, 0.15) is 37.7 Å². The number of nitrogens with zero attached hydrogens (tertiary/aromatic N) is 2. The van der Waals surface area contributed by atoms with Crippen LogP contribution in [0.15, 0.2) is 30.3 Å². The molecular weight excluding hydrogens is 328 g/mol. The minimum absolute atomic E-state index is 0.0501. The average molecular weight is 356 g/mol. The second-order valence-corrected chi connectivity index (χ2v) is 7.86. The van der Waals surface area contributed by atoms with E-state index in [0.29, 0.717) is 26.3 Å². The van der Waals surface area contributed by atoms with Crippen LogP contribution in [-0.2, 0) is 14.3 Å². The van der Waals surface area contributed by atoms with Crippen LogP contribution < -0.4 is 0 Å². The lowest BCUT2D eigenvalue weighted by atomic mass is 9.73. The van der Waals surface area contributed by atoms with Crippen molar-refractivity contribution in [2.45, 2.75) is 32.1 Å². The molecule has 0 N–H and O–H groups in total. The second kappa shape index (κ2) is 7.03. The smallest absolute Gasteiger partial charge is 0.231 e. The predicted molar refractivity (Wildman–Crippen MR) is 98.6 cm³/mol. The Morgan fingerprint density at radius 2 is 1.96 bits per heavy atom. The van der Waals surface area contributed by atoms with Crippen LogP contribution in [0.4, 0.5) is 0 Å². The lowest BCUT2D eigenvalue weighted by molar-refractivity contribution is -0.139. The molecule has 0 aromatic heterocycles. The van der Waals surface area contributed by atoms with Crippen LogP contribution in [0.2, 0.25) is 0 Å². The molecule has 0 aliphatic carbocycles. The number of carbonyl (C=O) groups excluding carboxylic acids is 2. The topological polar surface area (TPSA) is 49.9 Å². The van der Waals surface area contributed by atoms with E-state index in [9.17, 15) is 9.59 Å². The molecule has 3 aliphatic heterocycles. The molecule has 0 radical (unpaired) electrons. The number of hydrogen-bond acceptors (Lipinski definition) is 3. The van der Waals surface area contributed by atoms with Gasteiger partial charge in [-0.2, -0.15) is 0 Å². The molecule has 1 aromatic carbocycles. The average Bonchev–Trinajstić information content (AvgIpc) is 3.24. The summed E-state index contributed by atoms with van der Waals surface area (Å²) in [6.07, 6.45) is 2.44. The Morgan fingerprint density at radius 3 is 2.62 bits per heavy atom. The highest BCUT2D eigenvalue weighted by Gasteiger charge is 2.57. The van der Waals surface area contributed by atoms with Gasteiger partial charge in [0.05, 0.1) is 5.41 Å². The van der Waals surface area contributed by atoms with Gasteiger partial charge in [0.25, 0.3) is 0 Å². The number of likely N-dealkylation sites (tertiary alicyclic amines) is 2. The monoisotopic (exact) mass is 356 g/mol. The highest BCUT2D eigenvalue weighted by atomic mass is 16.5. The van der Waals surface area contributed by atoms with Crippen molar-refractivity contribution in [3.63, 3.8) is 0 Å². The number of benzene rings is 1. The Balaban J connectivity index is 1.63. The Morgan fingerprint density at radius 1 is 1.23 bits per heavy atom. The van der Waals surface area contributed by atoms with Crippen molar-refractivity contribution in [1.82, 2.24) is 9.80 Å². The first-order chi connectivity index (χ1) is 12.7. The van der Waals surface area contributed by atoms with E-state index in [2.05, 4.69) is 12.1 Å². The Hall–Kier alpha value is -1.88. The van der Waals surface area contributed by atoms with Crippen LogP contribution in [0, 0.1) is 11.3 Å². The molecule has 140 valence electrons. The van der Waals surface area contributed by atoms with Gasteiger partial charge in [0.2, 0.25) is 11.8 Å². The Bertz CT molecular complexity index is 671. The van der Waals surface area contributed by atoms with Gasteiger partial charge in [-0.1, -0.05) is 30.3 Å². The molecule has 4 rings (SSSR count). The van der Waals surface area contributed by atoms with Gasteiger partial charge in [0.1, 0.15) is 0 Å². The molecule has 1 aromatic rings. The summed E-state index contributed by atoms with van der Waals surface area (Å²) < 4.78 is 5.41. The summed E-state index contributed by atoms with van der Waals surface area (Å²) in [5, 5.41) is 0. The summed E-state index contributed by atoms with van der Waals surface area (Å²) in [4.78, 5) is 30.3. The van der Waals surface area contributed by atoms with E-state index in [1.54, 1.807) is 0 Å². The molecule has 2 atom stereocenters. The molecule has 0 bridgehead atoms. The summed E-state index contributed by atoms with van der Waals surface area (Å²) in [6.45, 7) is 6.14. The minimum Gasteiger partial charge on any atom is -0.381 e. The molecule has 26 heavy (non-hydrogen) atoms. The maximum absolute atomic E-state index is 13.3. The third-order valence-electron chi connectivity index (χ3n) is 6.55. The van der Waals surface area contributed by atoms with Crippen LogP contribution in [0.5, 0.6) is 0 Å². The van der Waals surface area contributed by atoms with Crippen LogP contribution in [0.3, 0.4) is 0 Å². The summed E-state index contributed by atoms with van der Waals surface area (Å²) in [5.41, 5.74) is 0.735. The fraction of sp³-hybridized carbons (Fsp3) is 0.619. The summed E-state index contributed by atoms with van der Waals surface area (Å²) in [5.74, 6) is 0.593. The zero-order chi connectivity index (χ0) is 18.1. The largest absolute Gasteiger partial charge is 0.381 e. The summed E-state index contributed by atoms with van der Waals surface area (Å²) >= 11 is 0. The van der Waals surface area contributed by atoms with E-state index >= 15 is 0 Å². The van der Waals surface area contributed by atoms with Crippen LogP contribution >= 0.6 is 0 Å². The van der Waals surface area contributed by atoms with Gasteiger partial charge in [0.15, 0.2) is 0 Å². The highest BCUT2D eigenvalue weighted by Crippen LogP contribution is 2.50. The molecule has 3 aliphatic rings. The zero-order valence-electron chi connectivity index (χ0n) is 15.5. The molecule has 3 fully saturated rings. The van der Waals surface area contributed by atoms with Crippen LogP contribution in [0.25, 0.3) is 0 Å². The molecule has 3 heterocycles. The minimum atomic E-state index is -0.446. The standard InChI is InChI=1S/C21H28N2O3/c1-2-22-11-10-21(20(22)25)15-23(19(24)17-8-12-26-13-9-17)14-18(21)16-6-4-3-5-7-16/h3-7,17-18H,2,8-15H2,1H3/t18-,21+/m1/s1. The quantitative estimate of drug-likeness (QED) is 0.835. The van der Waals surface area contributed by atoms with Crippen molar-refractivity contribution in [3.05, 3.63) is 35.9 Å². The molecule has 1 spiro atoms. The zero-order valence-corrected chi connectivity index (χ0v) is 15.5. The van der Waals surface area contributed by atoms with Gasteiger partial charge in [0, 0.05) is 51.2 Å². The van der Waals surface area contributed by atoms with Gasteiger partial charge < -0.3 is 14.5 Å². The third-order valence-corrected chi connectivity index (χ3v) is 6.55. The summed E-state index contributed by atoms with van der Waals surface area (Å²) in [6, 6.07) is 10.3. The molecule has 3 saturated heterocycles. The highest BCUT2D eigenvalue weighted by molar-refractivity contribution is 5.89. The molecule has 5 nitrogen and oxygen atoms in total. The maximum atomic E-state index is 13.3. The molecule has 5 heteroatoms. The van der Waals surface area contributed by atoms with Gasteiger partial charge in [-0.05, 0) is 31.7 Å². The van der Waals surface area contributed by atoms with E-state index in [0.717, 1.165) is 32.4 Å². The number of ether oxygens (including phenoxy) is 1. The normalized spacial score (nSPS) is 29.7. The van der Waals surface area contributed by atoms with Crippen molar-refractivity contribution in [3.8, 4) is 0 Å². The SMILES string of the molecule is CCN1CC[C@@]2(CN(C(=O)C3CCOCC3)C[C@@H]2c2ccccc2)C1=O. The summed E-state index contributed by atoms with van der Waals surface area (Å²) in [7, 11) is 0. The van der Waals surface area contributed by atoms with E-state index < -0.39 is 5.41 Å². The van der Waals surface area contributed by atoms with Crippen molar-refractivity contribution >= 4 is 11.8 Å². The van der Waals surface area contributed by atoms with Crippen molar-refractivity contribution in [2.75, 3.05) is 39.4 Å². The first-order valence-electron chi connectivity index (χ1n) is 9.86. The van der Waals surface area contributed by atoms with Crippen molar-refractivity contribution in [1.29, 1.82) is 0 Å². The molecular formula is C21H28N2O3.